The summed E-state index contributed by atoms with van der Waals surface area (Å²) < 4.78 is 48.3. The lowest BCUT2D eigenvalue weighted by atomic mass is 9.94. The summed E-state index contributed by atoms with van der Waals surface area (Å²) in [7, 11) is 0. The van der Waals surface area contributed by atoms with Gasteiger partial charge in [0.05, 0.1) is 24.7 Å². The molecule has 0 spiro atoms. The highest BCUT2D eigenvalue weighted by Gasteiger charge is 2.30. The molecular formula is C16H19F3O3. The summed E-state index contributed by atoms with van der Waals surface area (Å²) in [6.07, 6.45) is -3.07. The van der Waals surface area contributed by atoms with E-state index in [0.717, 1.165) is 17.7 Å². The summed E-state index contributed by atoms with van der Waals surface area (Å²) in [6.45, 7) is 2.61. The lowest BCUT2D eigenvalue weighted by molar-refractivity contribution is -0.149. The van der Waals surface area contributed by atoms with E-state index in [9.17, 15) is 18.0 Å². The molecule has 6 heteroatoms. The van der Waals surface area contributed by atoms with Gasteiger partial charge in [0.1, 0.15) is 0 Å². The Kier molecular flexibility index (Phi) is 5.45. The maximum Gasteiger partial charge on any atom is 0.416 e. The van der Waals surface area contributed by atoms with Crippen molar-refractivity contribution in [3.8, 4) is 0 Å². The van der Waals surface area contributed by atoms with E-state index in [1.54, 1.807) is 0 Å². The minimum atomic E-state index is -4.32. The third kappa shape index (κ3) is 5.02. The number of ether oxygens (including phenoxy) is 2. The van der Waals surface area contributed by atoms with Crippen LogP contribution in [0.1, 0.15) is 30.9 Å². The molecular weight excluding hydrogens is 297 g/mol. The van der Waals surface area contributed by atoms with Gasteiger partial charge >= 0.3 is 12.1 Å². The van der Waals surface area contributed by atoms with Gasteiger partial charge in [0.15, 0.2) is 0 Å². The maximum atomic E-state index is 12.5. The molecule has 0 N–H and O–H groups in total. The lowest BCUT2D eigenvalue weighted by Crippen LogP contribution is -2.20. The number of halogens is 3. The first-order chi connectivity index (χ1) is 10.3. The smallest absolute Gasteiger partial charge is 0.416 e. The van der Waals surface area contributed by atoms with E-state index in [0.29, 0.717) is 26.1 Å². The minimum Gasteiger partial charge on any atom is -0.463 e. The van der Waals surface area contributed by atoms with Crippen molar-refractivity contribution in [3.05, 3.63) is 35.4 Å². The van der Waals surface area contributed by atoms with Gasteiger partial charge in [-0.2, -0.15) is 13.2 Å². The maximum absolute atomic E-state index is 12.5. The van der Waals surface area contributed by atoms with Crippen molar-refractivity contribution in [1.82, 2.24) is 0 Å². The predicted molar refractivity (Wildman–Crippen MR) is 74.2 cm³/mol. The number of esters is 1. The number of alkyl halides is 3. The molecule has 0 amide bonds. The van der Waals surface area contributed by atoms with Crippen molar-refractivity contribution in [2.45, 2.75) is 38.5 Å². The Morgan fingerprint density at radius 2 is 1.91 bits per heavy atom. The standard InChI is InChI=1S/C16H19F3O3/c1-11-8-13(10-21-7-6-15(20)22-11)9-12-2-4-14(5-3-12)16(17,18)19/h2-5,11,13H,6-10H2,1H3. The van der Waals surface area contributed by atoms with Crippen LogP contribution in [-0.2, 0) is 26.9 Å². The summed E-state index contributed by atoms with van der Waals surface area (Å²) in [6, 6.07) is 5.17. The van der Waals surface area contributed by atoms with Crippen LogP contribution in [0.5, 0.6) is 0 Å². The number of benzene rings is 1. The number of hydrogen-bond acceptors (Lipinski definition) is 3. The van der Waals surface area contributed by atoms with Gasteiger partial charge in [0.25, 0.3) is 0 Å². The third-order valence-electron chi connectivity index (χ3n) is 3.61. The fourth-order valence-corrected chi connectivity index (χ4v) is 2.58. The van der Waals surface area contributed by atoms with Gasteiger partial charge in [0, 0.05) is 6.61 Å². The molecule has 2 unspecified atom stereocenters. The molecule has 0 bridgehead atoms. The molecule has 0 aliphatic carbocycles. The third-order valence-corrected chi connectivity index (χ3v) is 3.61. The highest BCUT2D eigenvalue weighted by molar-refractivity contribution is 5.69. The van der Waals surface area contributed by atoms with Crippen LogP contribution in [0.4, 0.5) is 13.2 Å². The van der Waals surface area contributed by atoms with Gasteiger partial charge in [0.2, 0.25) is 0 Å². The van der Waals surface area contributed by atoms with E-state index in [2.05, 4.69) is 0 Å². The van der Waals surface area contributed by atoms with E-state index in [4.69, 9.17) is 9.47 Å². The number of carbonyl (C=O) groups excluding carboxylic acids is 1. The van der Waals surface area contributed by atoms with Crippen LogP contribution in [0, 0.1) is 5.92 Å². The van der Waals surface area contributed by atoms with Crippen LogP contribution < -0.4 is 0 Å². The zero-order chi connectivity index (χ0) is 16.2. The molecule has 2 rings (SSSR count). The summed E-state index contributed by atoms with van der Waals surface area (Å²) in [5.74, 6) is -0.166. The van der Waals surface area contributed by atoms with E-state index in [1.807, 2.05) is 6.92 Å². The topological polar surface area (TPSA) is 35.5 Å². The second-order valence-corrected chi connectivity index (χ2v) is 5.63. The Balaban J connectivity index is 2.00. The van der Waals surface area contributed by atoms with E-state index >= 15 is 0 Å². The van der Waals surface area contributed by atoms with E-state index in [1.165, 1.54) is 12.1 Å². The van der Waals surface area contributed by atoms with Crippen LogP contribution in [-0.4, -0.2) is 25.3 Å². The summed E-state index contributed by atoms with van der Waals surface area (Å²) in [5, 5.41) is 0. The second kappa shape index (κ2) is 7.13. The number of carbonyl (C=O) groups is 1. The van der Waals surface area contributed by atoms with E-state index < -0.39 is 11.7 Å². The van der Waals surface area contributed by atoms with Crippen molar-refractivity contribution >= 4 is 5.97 Å². The van der Waals surface area contributed by atoms with Crippen LogP contribution in [0.25, 0.3) is 0 Å². The molecule has 1 aromatic rings. The van der Waals surface area contributed by atoms with Crippen molar-refractivity contribution < 1.29 is 27.4 Å². The summed E-state index contributed by atoms with van der Waals surface area (Å²) in [4.78, 5) is 11.4. The zero-order valence-electron chi connectivity index (χ0n) is 12.4. The molecule has 1 saturated heterocycles. The second-order valence-electron chi connectivity index (χ2n) is 5.63. The Hall–Kier alpha value is -1.56. The van der Waals surface area contributed by atoms with Crippen molar-refractivity contribution in [2.75, 3.05) is 13.2 Å². The predicted octanol–water partition coefficient (Wildman–Crippen LogP) is 3.61. The molecule has 122 valence electrons. The first kappa shape index (κ1) is 16.8. The highest BCUT2D eigenvalue weighted by atomic mass is 19.4. The van der Waals surface area contributed by atoms with Crippen LogP contribution in [0.2, 0.25) is 0 Å². The Labute approximate surface area is 127 Å². The fourth-order valence-electron chi connectivity index (χ4n) is 2.58. The number of cyclic esters (lactones) is 1. The SMILES string of the molecule is CC1CC(Cc2ccc(C(F)(F)F)cc2)COCCC(=O)O1. The van der Waals surface area contributed by atoms with Gasteiger partial charge in [-0.15, -0.1) is 0 Å². The van der Waals surface area contributed by atoms with Gasteiger partial charge in [-0.1, -0.05) is 12.1 Å². The van der Waals surface area contributed by atoms with Gasteiger partial charge < -0.3 is 9.47 Å². The number of hydrogen-bond donors (Lipinski definition) is 0. The monoisotopic (exact) mass is 316 g/mol. The van der Waals surface area contributed by atoms with Gasteiger partial charge in [-0.3, -0.25) is 4.79 Å². The quantitative estimate of drug-likeness (QED) is 0.782. The molecule has 2 atom stereocenters. The summed E-state index contributed by atoms with van der Waals surface area (Å²) >= 11 is 0. The van der Waals surface area contributed by atoms with Gasteiger partial charge in [-0.05, 0) is 43.4 Å². The van der Waals surface area contributed by atoms with Crippen LogP contribution in [0.15, 0.2) is 24.3 Å². The minimum absolute atomic E-state index is 0.109. The normalized spacial score (nSPS) is 24.1. The first-order valence-electron chi connectivity index (χ1n) is 7.28. The molecule has 1 aliphatic heterocycles. The molecule has 3 nitrogen and oxygen atoms in total. The Morgan fingerprint density at radius 1 is 1.23 bits per heavy atom. The molecule has 1 heterocycles. The van der Waals surface area contributed by atoms with Crippen molar-refractivity contribution in [1.29, 1.82) is 0 Å². The molecule has 0 saturated carbocycles. The average molecular weight is 316 g/mol. The lowest BCUT2D eigenvalue weighted by Gasteiger charge is -2.19. The molecule has 0 aromatic heterocycles. The zero-order valence-corrected chi connectivity index (χ0v) is 12.4. The van der Waals surface area contributed by atoms with Gasteiger partial charge in [-0.25, -0.2) is 0 Å². The number of rotatable bonds is 2. The fraction of sp³-hybridized carbons (Fsp3) is 0.562. The molecule has 1 fully saturated rings. The van der Waals surface area contributed by atoms with E-state index in [-0.39, 0.29) is 24.4 Å². The van der Waals surface area contributed by atoms with Crippen LogP contribution >= 0.6 is 0 Å². The molecule has 22 heavy (non-hydrogen) atoms. The largest absolute Gasteiger partial charge is 0.463 e. The van der Waals surface area contributed by atoms with Crippen molar-refractivity contribution in [2.24, 2.45) is 5.92 Å². The highest BCUT2D eigenvalue weighted by Crippen LogP contribution is 2.29. The average Bonchev–Trinajstić information content (AvgIpc) is 2.49. The summed E-state index contributed by atoms with van der Waals surface area (Å²) in [5.41, 5.74) is 0.170. The molecule has 0 radical (unpaired) electrons. The van der Waals surface area contributed by atoms with Crippen LogP contribution in [0.3, 0.4) is 0 Å². The molecule has 1 aromatic carbocycles. The first-order valence-corrected chi connectivity index (χ1v) is 7.28. The Morgan fingerprint density at radius 3 is 2.55 bits per heavy atom. The molecule has 1 aliphatic rings. The Bertz CT molecular complexity index is 496. The van der Waals surface area contributed by atoms with Crippen molar-refractivity contribution in [3.63, 3.8) is 0 Å².